The van der Waals surface area contributed by atoms with Gasteiger partial charge in [0.2, 0.25) is 0 Å². The molecule has 11 heteroatoms. The Bertz CT molecular complexity index is 844. The van der Waals surface area contributed by atoms with E-state index < -0.39 is 15.6 Å². The number of phenols is 1. The molecule has 8 nitrogen and oxygen atoms in total. The van der Waals surface area contributed by atoms with E-state index in [0.717, 1.165) is 11.1 Å². The summed E-state index contributed by atoms with van der Waals surface area (Å²) in [6, 6.07) is 9.09. The van der Waals surface area contributed by atoms with Gasteiger partial charge in [0, 0.05) is 0 Å². The Hall–Kier alpha value is -0.777. The van der Waals surface area contributed by atoms with E-state index in [1.807, 2.05) is 0 Å². The third-order valence-electron chi connectivity index (χ3n) is 3.15. The summed E-state index contributed by atoms with van der Waals surface area (Å²) >= 11 is 0. The second-order valence-corrected chi connectivity index (χ2v) is 7.61. The maximum atomic E-state index is 11.6. The van der Waals surface area contributed by atoms with Crippen molar-refractivity contribution in [1.82, 2.24) is 0 Å². The van der Waals surface area contributed by atoms with E-state index in [1.165, 1.54) is 18.2 Å². The Morgan fingerprint density at radius 1 is 0.920 bits per heavy atom. The molecule has 0 saturated heterocycles. The normalized spacial score (nSPS) is 13.6. The molecule has 0 amide bonds. The third kappa shape index (κ3) is 5.87. The van der Waals surface area contributed by atoms with Crippen LogP contribution in [0.2, 0.25) is 0 Å². The summed E-state index contributed by atoms with van der Waals surface area (Å²) in [6.45, 7) is 3.49. The summed E-state index contributed by atoms with van der Waals surface area (Å²) in [5.41, 5.74) is 2.00. The number of aryl methyl sites for hydroxylation is 2. The van der Waals surface area contributed by atoms with E-state index in [4.69, 9.17) is 0 Å². The summed E-state index contributed by atoms with van der Waals surface area (Å²) in [5.74, 6) is -0.642. The Kier molecular flexibility index (Phi) is 7.37. The van der Waals surface area contributed by atoms with Crippen molar-refractivity contribution < 1.29 is 37.8 Å². The molecule has 2 radical (unpaired) electrons. The van der Waals surface area contributed by atoms with E-state index in [-0.39, 0.29) is 43.3 Å². The van der Waals surface area contributed by atoms with Gasteiger partial charge in [-0.15, -0.1) is 0 Å². The molecule has 0 bridgehead atoms. The smallest absolute Gasteiger partial charge is 0.789 e. The van der Waals surface area contributed by atoms with E-state index in [2.05, 4.69) is 8.83 Å². The number of hydrogen-bond donors (Lipinski definition) is 1. The number of phenolic OH excluding ortho intramolecular Hbond substituents is 1. The fourth-order valence-corrected chi connectivity index (χ4v) is 3.82. The fourth-order valence-electron chi connectivity index (χ4n) is 2.32. The average molecular weight is 580 g/mol. The molecule has 0 spiro atoms. The van der Waals surface area contributed by atoms with E-state index in [1.54, 1.807) is 32.0 Å². The Morgan fingerprint density at radius 2 is 1.44 bits per heavy atom. The van der Waals surface area contributed by atoms with Gasteiger partial charge < -0.3 is 28.9 Å². The maximum absolute atomic E-state index is 11.6. The van der Waals surface area contributed by atoms with E-state index in [9.17, 15) is 28.9 Å². The van der Waals surface area contributed by atoms with Crippen molar-refractivity contribution in [3.8, 4) is 22.6 Å². The van der Waals surface area contributed by atoms with Crippen molar-refractivity contribution in [3.63, 3.8) is 0 Å². The molecule has 1 atom stereocenters. The van der Waals surface area contributed by atoms with Crippen LogP contribution in [0.3, 0.4) is 0 Å². The van der Waals surface area contributed by atoms with Gasteiger partial charge in [0.05, 0.1) is 13.4 Å². The number of hydrogen-bond acceptors (Lipinski definition) is 8. The van der Waals surface area contributed by atoms with Gasteiger partial charge in [-0.1, -0.05) is 24.3 Å². The first kappa shape index (κ1) is 22.3. The maximum Gasteiger partial charge on any atom is 3.00 e. The summed E-state index contributed by atoms with van der Waals surface area (Å²) in [6.07, 6.45) is 0. The average Bonchev–Trinajstić information content (AvgIpc) is 2.38. The summed E-state index contributed by atoms with van der Waals surface area (Å²) < 4.78 is 30.2. The molecule has 25 heavy (non-hydrogen) atoms. The Labute approximate surface area is 163 Å². The molecule has 0 fully saturated rings. The minimum atomic E-state index is -5.81. The van der Waals surface area contributed by atoms with Crippen LogP contribution in [-0.2, 0) is 13.4 Å². The summed E-state index contributed by atoms with van der Waals surface area (Å²) in [4.78, 5) is 32.6. The van der Waals surface area contributed by atoms with Crippen LogP contribution in [0.5, 0.6) is 11.5 Å². The molecular formula is C14H13BiO8P2. The van der Waals surface area contributed by atoms with Crippen LogP contribution in [0.15, 0.2) is 36.4 Å². The molecule has 132 valence electrons. The summed E-state index contributed by atoms with van der Waals surface area (Å²) in [5, 5.41) is 10.1. The van der Waals surface area contributed by atoms with E-state index >= 15 is 0 Å². The second-order valence-electron chi connectivity index (χ2n) is 4.98. The molecule has 0 aliphatic carbocycles. The van der Waals surface area contributed by atoms with Gasteiger partial charge in [0.15, 0.2) is 0 Å². The molecule has 0 aliphatic heterocycles. The number of phosphoric acid groups is 2. The molecule has 1 unspecified atom stereocenters. The predicted molar refractivity (Wildman–Crippen MR) is 85.7 cm³/mol. The number of aromatic hydroxyl groups is 1. The minimum absolute atomic E-state index is 0. The van der Waals surface area contributed by atoms with Gasteiger partial charge in [-0.2, -0.15) is 0 Å². The number of phosphoric ester groups is 1. The topological polar surface area (TPSA) is 142 Å². The fraction of sp³-hybridized carbons (Fsp3) is 0.143. The predicted octanol–water partition coefficient (Wildman–Crippen LogP) is 0.988. The van der Waals surface area contributed by atoms with Gasteiger partial charge in [0.1, 0.15) is 11.5 Å². The summed E-state index contributed by atoms with van der Waals surface area (Å²) in [7, 11) is -11.3. The molecule has 1 N–H and O–H groups in total. The Morgan fingerprint density at radius 3 is 1.96 bits per heavy atom. The zero-order valence-corrected chi connectivity index (χ0v) is 18.4. The van der Waals surface area contributed by atoms with Crippen molar-refractivity contribution in [1.29, 1.82) is 0 Å². The standard InChI is InChI=1S/C14H16O8P2.Bi/c1-9-5-3-6-10(2)13(9)14-11(15)7-4-8-12(14)21-24(19,20)22-23(16,17)18;/h3-8,15H,1-2H3,(H,19,20)(H2,16,17,18);/q;+3/p-3. The molecule has 0 saturated carbocycles. The van der Waals surface area contributed by atoms with Gasteiger partial charge in [0.25, 0.3) is 0 Å². The van der Waals surface area contributed by atoms with Crippen molar-refractivity contribution >= 4 is 41.8 Å². The van der Waals surface area contributed by atoms with E-state index in [0.29, 0.717) is 5.56 Å². The SMILES string of the molecule is Cc1cccc(C)c1-c1c(O)cccc1OP(=O)([O-])OP(=O)([O-])[O-].[Bi+3]. The van der Waals surface area contributed by atoms with Crippen LogP contribution in [0.1, 0.15) is 11.1 Å². The first-order chi connectivity index (χ1) is 11.0. The molecule has 2 aromatic rings. The molecule has 0 aromatic heterocycles. The van der Waals surface area contributed by atoms with Gasteiger partial charge in [-0.25, -0.2) is 0 Å². The van der Waals surface area contributed by atoms with Crippen LogP contribution in [0.25, 0.3) is 11.1 Å². The molecule has 0 aliphatic rings. The van der Waals surface area contributed by atoms with Gasteiger partial charge >= 0.3 is 34.0 Å². The quantitative estimate of drug-likeness (QED) is 0.408. The number of benzene rings is 2. The van der Waals surface area contributed by atoms with Crippen LogP contribution in [-0.4, -0.2) is 31.3 Å². The van der Waals surface area contributed by atoms with Crippen molar-refractivity contribution in [2.24, 2.45) is 0 Å². The number of rotatable bonds is 5. The minimum Gasteiger partial charge on any atom is -0.789 e. The van der Waals surface area contributed by atoms with Gasteiger partial charge in [-0.3, -0.25) is 8.88 Å². The van der Waals surface area contributed by atoms with Crippen molar-refractivity contribution in [3.05, 3.63) is 47.5 Å². The van der Waals surface area contributed by atoms with Crippen LogP contribution in [0.4, 0.5) is 0 Å². The molecule has 2 rings (SSSR count). The zero-order valence-electron chi connectivity index (χ0n) is 13.1. The second kappa shape index (κ2) is 8.28. The third-order valence-corrected chi connectivity index (χ3v) is 5.17. The van der Waals surface area contributed by atoms with Crippen molar-refractivity contribution in [2.45, 2.75) is 13.8 Å². The van der Waals surface area contributed by atoms with Crippen LogP contribution in [0, 0.1) is 13.8 Å². The first-order valence-electron chi connectivity index (χ1n) is 6.63. The van der Waals surface area contributed by atoms with Crippen molar-refractivity contribution in [2.75, 3.05) is 0 Å². The van der Waals surface area contributed by atoms with Gasteiger partial charge in [-0.05, 0) is 42.7 Å². The Balaban J connectivity index is 0.00000312. The molecule has 0 heterocycles. The molecular weight excluding hydrogens is 567 g/mol. The zero-order chi connectivity index (χ0) is 18.1. The first-order valence-corrected chi connectivity index (χ1v) is 9.55. The largest absolute Gasteiger partial charge is 3.00 e. The van der Waals surface area contributed by atoms with Crippen LogP contribution < -0.4 is 19.2 Å². The van der Waals surface area contributed by atoms with Crippen LogP contribution >= 0.6 is 15.6 Å². The molecule has 2 aromatic carbocycles. The monoisotopic (exact) mass is 580 g/mol.